The minimum absolute atomic E-state index is 0.0984. The number of hydrogen-bond donors (Lipinski definition) is 0. The lowest BCUT2D eigenvalue weighted by Crippen LogP contribution is -2.08. The molecule has 0 aliphatic carbocycles. The monoisotopic (exact) mass is 305 g/mol. The van der Waals surface area contributed by atoms with E-state index < -0.39 is 5.97 Å². The van der Waals surface area contributed by atoms with E-state index in [1.807, 2.05) is 6.07 Å². The molecule has 0 amide bonds. The van der Waals surface area contributed by atoms with E-state index in [4.69, 9.17) is 9.47 Å². The molecule has 0 atom stereocenters. The number of ether oxygens (including phenoxy) is 2. The molecule has 1 aromatic heterocycles. The molecule has 0 spiro atoms. The number of nitrogens with zero attached hydrogens (tertiary/aromatic N) is 1. The normalized spacial score (nSPS) is 10.1. The number of aromatic nitrogens is 1. The molecule has 0 unspecified atom stereocenters. The first-order valence-corrected chi connectivity index (χ1v) is 7.38. The lowest BCUT2D eigenvalue weighted by atomic mass is 10.2. The first kappa shape index (κ1) is 15.2. The number of esters is 2. The Morgan fingerprint density at radius 2 is 1.95 bits per heavy atom. The highest BCUT2D eigenvalue weighted by Gasteiger charge is 2.11. The average molecular weight is 305 g/mol. The van der Waals surface area contributed by atoms with Crippen LogP contribution in [0.4, 0.5) is 0 Å². The molecule has 2 rings (SSSR count). The Hall–Kier alpha value is -2.21. The van der Waals surface area contributed by atoms with Crippen LogP contribution in [0.25, 0.3) is 0 Å². The van der Waals surface area contributed by atoms with E-state index in [1.54, 1.807) is 36.6 Å². The number of carbonyl (C=O) groups is 2. The molecule has 6 heteroatoms. The Balaban J connectivity index is 1.85. The molecule has 0 bridgehead atoms. The number of benzene rings is 1. The summed E-state index contributed by atoms with van der Waals surface area (Å²) in [6.45, 7) is 2.21. The van der Waals surface area contributed by atoms with Gasteiger partial charge in [0.25, 0.3) is 0 Å². The van der Waals surface area contributed by atoms with Gasteiger partial charge in [0.2, 0.25) is 0 Å². The molecule has 21 heavy (non-hydrogen) atoms. The van der Waals surface area contributed by atoms with Crippen LogP contribution in [0, 0.1) is 0 Å². The van der Waals surface area contributed by atoms with Crippen molar-refractivity contribution in [1.82, 2.24) is 4.98 Å². The van der Waals surface area contributed by atoms with Crippen LogP contribution in [-0.4, -0.2) is 23.5 Å². The zero-order chi connectivity index (χ0) is 15.1. The Morgan fingerprint density at radius 1 is 1.19 bits per heavy atom. The second-order valence-electron chi connectivity index (χ2n) is 4.16. The minimum atomic E-state index is -0.391. The highest BCUT2D eigenvalue weighted by molar-refractivity contribution is 7.09. The fraction of sp³-hybridized carbons (Fsp3) is 0.267. The van der Waals surface area contributed by atoms with Crippen molar-refractivity contribution in [2.45, 2.75) is 20.0 Å². The fourth-order valence-electron chi connectivity index (χ4n) is 1.64. The SMILES string of the molecule is CCOC(=O)Cc1csc(COC(=O)c2ccccc2)n1. The van der Waals surface area contributed by atoms with Gasteiger partial charge >= 0.3 is 11.9 Å². The van der Waals surface area contributed by atoms with Crippen molar-refractivity contribution in [3.8, 4) is 0 Å². The molecule has 110 valence electrons. The Labute approximate surface area is 126 Å². The van der Waals surface area contributed by atoms with Gasteiger partial charge in [-0.25, -0.2) is 9.78 Å². The van der Waals surface area contributed by atoms with Gasteiger partial charge < -0.3 is 9.47 Å². The molecule has 0 saturated heterocycles. The topological polar surface area (TPSA) is 65.5 Å². The van der Waals surface area contributed by atoms with E-state index in [1.165, 1.54) is 11.3 Å². The summed E-state index contributed by atoms with van der Waals surface area (Å²) in [7, 11) is 0. The zero-order valence-electron chi connectivity index (χ0n) is 11.6. The highest BCUT2D eigenvalue weighted by Crippen LogP contribution is 2.13. The van der Waals surface area contributed by atoms with Crippen molar-refractivity contribution < 1.29 is 19.1 Å². The molecule has 0 fully saturated rings. The molecule has 0 aliphatic heterocycles. The summed E-state index contributed by atoms with van der Waals surface area (Å²) < 4.78 is 10.0. The Kier molecular flexibility index (Phi) is 5.45. The van der Waals surface area contributed by atoms with Crippen molar-refractivity contribution in [1.29, 1.82) is 0 Å². The summed E-state index contributed by atoms with van der Waals surface area (Å²) in [6.07, 6.45) is 0.136. The fourth-order valence-corrected chi connectivity index (χ4v) is 2.35. The van der Waals surface area contributed by atoms with Crippen molar-refractivity contribution >= 4 is 23.3 Å². The standard InChI is InChI=1S/C15H15NO4S/c1-2-19-14(17)8-12-10-21-13(16-12)9-20-15(18)11-6-4-3-5-7-11/h3-7,10H,2,8-9H2,1H3. The Morgan fingerprint density at radius 3 is 2.67 bits per heavy atom. The van der Waals surface area contributed by atoms with Crippen LogP contribution in [0.5, 0.6) is 0 Å². The molecule has 1 heterocycles. The van der Waals surface area contributed by atoms with E-state index in [-0.39, 0.29) is 19.0 Å². The van der Waals surface area contributed by atoms with Crippen LogP contribution in [0.1, 0.15) is 28.0 Å². The van der Waals surface area contributed by atoms with Crippen molar-refractivity contribution in [3.63, 3.8) is 0 Å². The lowest BCUT2D eigenvalue weighted by molar-refractivity contribution is -0.142. The van der Waals surface area contributed by atoms with Gasteiger partial charge in [-0.3, -0.25) is 4.79 Å². The van der Waals surface area contributed by atoms with E-state index in [9.17, 15) is 9.59 Å². The third kappa shape index (κ3) is 4.68. The summed E-state index contributed by atoms with van der Waals surface area (Å²) in [4.78, 5) is 27.3. The molecule has 0 N–H and O–H groups in total. The number of hydrogen-bond acceptors (Lipinski definition) is 6. The van der Waals surface area contributed by atoms with Gasteiger partial charge in [0.15, 0.2) is 0 Å². The molecule has 0 saturated carbocycles. The van der Waals surface area contributed by atoms with Crippen LogP contribution in [0.3, 0.4) is 0 Å². The smallest absolute Gasteiger partial charge is 0.338 e. The van der Waals surface area contributed by atoms with Crippen molar-refractivity contribution in [2.75, 3.05) is 6.61 Å². The van der Waals surface area contributed by atoms with Gasteiger partial charge in [-0.05, 0) is 19.1 Å². The van der Waals surface area contributed by atoms with E-state index in [2.05, 4.69) is 4.98 Å². The number of thiazole rings is 1. The van der Waals surface area contributed by atoms with Crippen molar-refractivity contribution in [3.05, 3.63) is 52.0 Å². The third-order valence-electron chi connectivity index (χ3n) is 2.57. The quantitative estimate of drug-likeness (QED) is 0.768. The van der Waals surface area contributed by atoms with Crippen LogP contribution >= 0.6 is 11.3 Å². The first-order valence-electron chi connectivity index (χ1n) is 6.50. The van der Waals surface area contributed by atoms with Gasteiger partial charge in [-0.2, -0.15) is 0 Å². The van der Waals surface area contributed by atoms with E-state index in [0.717, 1.165) is 0 Å². The summed E-state index contributed by atoms with van der Waals surface area (Å²) in [6, 6.07) is 8.76. The summed E-state index contributed by atoms with van der Waals surface area (Å²) >= 11 is 1.35. The molecular formula is C15H15NO4S. The second kappa shape index (κ2) is 7.54. The van der Waals surface area contributed by atoms with Crippen LogP contribution in [0.2, 0.25) is 0 Å². The first-order chi connectivity index (χ1) is 10.2. The molecule has 2 aromatic rings. The maximum Gasteiger partial charge on any atom is 0.338 e. The van der Waals surface area contributed by atoms with Crippen LogP contribution < -0.4 is 0 Å². The second-order valence-corrected chi connectivity index (χ2v) is 5.10. The molecular weight excluding hydrogens is 290 g/mol. The molecule has 5 nitrogen and oxygen atoms in total. The van der Waals surface area contributed by atoms with E-state index >= 15 is 0 Å². The third-order valence-corrected chi connectivity index (χ3v) is 3.44. The number of rotatable bonds is 6. The summed E-state index contributed by atoms with van der Waals surface area (Å²) in [5.41, 5.74) is 1.13. The number of carbonyl (C=O) groups excluding carboxylic acids is 2. The summed E-state index contributed by atoms with van der Waals surface area (Å²) in [5, 5.41) is 2.42. The van der Waals surface area contributed by atoms with Gasteiger partial charge in [0, 0.05) is 5.38 Å². The molecule has 0 radical (unpaired) electrons. The molecule has 0 aliphatic rings. The van der Waals surface area contributed by atoms with Gasteiger partial charge in [0.1, 0.15) is 11.6 Å². The highest BCUT2D eigenvalue weighted by atomic mass is 32.1. The van der Waals surface area contributed by atoms with E-state index in [0.29, 0.717) is 22.9 Å². The largest absolute Gasteiger partial charge is 0.466 e. The Bertz CT molecular complexity index is 609. The maximum absolute atomic E-state index is 11.8. The van der Waals surface area contributed by atoms with Crippen molar-refractivity contribution in [2.24, 2.45) is 0 Å². The molecule has 1 aromatic carbocycles. The van der Waals surface area contributed by atoms with Crippen LogP contribution in [-0.2, 0) is 27.3 Å². The summed E-state index contributed by atoms with van der Waals surface area (Å²) in [5.74, 6) is -0.701. The predicted molar refractivity (Wildman–Crippen MR) is 78.0 cm³/mol. The van der Waals surface area contributed by atoms with Gasteiger partial charge in [-0.15, -0.1) is 11.3 Å². The van der Waals surface area contributed by atoms with Gasteiger partial charge in [-0.1, -0.05) is 18.2 Å². The average Bonchev–Trinajstić information content (AvgIpc) is 2.93. The zero-order valence-corrected chi connectivity index (χ0v) is 12.4. The van der Waals surface area contributed by atoms with Crippen LogP contribution in [0.15, 0.2) is 35.7 Å². The predicted octanol–water partition coefficient (Wildman–Crippen LogP) is 2.61. The minimum Gasteiger partial charge on any atom is -0.466 e. The van der Waals surface area contributed by atoms with Gasteiger partial charge in [0.05, 0.1) is 24.3 Å². The lowest BCUT2D eigenvalue weighted by Gasteiger charge is -2.02. The maximum atomic E-state index is 11.8.